The highest BCUT2D eigenvalue weighted by atomic mass is 35.5. The molecule has 3 heteroatoms. The van der Waals surface area contributed by atoms with Gasteiger partial charge in [-0.2, -0.15) is 0 Å². The van der Waals surface area contributed by atoms with Crippen molar-refractivity contribution < 1.29 is 9.84 Å². The normalized spacial score (nSPS) is 11.6. The maximum absolute atomic E-state index is 9.23. The van der Waals surface area contributed by atoms with E-state index in [1.54, 1.807) is 13.2 Å². The highest BCUT2D eigenvalue weighted by Gasteiger charge is 2.21. The van der Waals surface area contributed by atoms with Gasteiger partial charge in [0, 0.05) is 16.1 Å². The van der Waals surface area contributed by atoms with Crippen LogP contribution < -0.4 is 4.74 Å². The average Bonchev–Trinajstić information content (AvgIpc) is 2.15. The molecule has 15 heavy (non-hydrogen) atoms. The number of benzene rings is 1. The van der Waals surface area contributed by atoms with Crippen LogP contribution in [0.1, 0.15) is 31.9 Å². The van der Waals surface area contributed by atoms with Crippen molar-refractivity contribution in [3.63, 3.8) is 0 Å². The van der Waals surface area contributed by atoms with Gasteiger partial charge in [-0.1, -0.05) is 32.4 Å². The van der Waals surface area contributed by atoms with E-state index in [0.29, 0.717) is 5.02 Å². The van der Waals surface area contributed by atoms with Crippen molar-refractivity contribution in [2.24, 2.45) is 0 Å². The second-order valence-corrected chi connectivity index (χ2v) is 4.99. The third-order valence-electron chi connectivity index (χ3n) is 2.31. The Bertz CT molecular complexity index is 353. The van der Waals surface area contributed by atoms with Crippen LogP contribution >= 0.6 is 11.6 Å². The molecule has 0 fully saturated rings. The van der Waals surface area contributed by atoms with Crippen molar-refractivity contribution in [1.82, 2.24) is 0 Å². The Morgan fingerprint density at radius 2 is 1.93 bits per heavy atom. The SMILES string of the molecule is COc1c(CO)cc(Cl)cc1C(C)(C)C. The maximum Gasteiger partial charge on any atom is 0.128 e. The molecule has 1 aromatic carbocycles. The van der Waals surface area contributed by atoms with Crippen LogP contribution in [0.25, 0.3) is 0 Å². The highest BCUT2D eigenvalue weighted by Crippen LogP contribution is 2.36. The number of rotatable bonds is 2. The van der Waals surface area contributed by atoms with Crippen molar-refractivity contribution in [2.75, 3.05) is 7.11 Å². The molecule has 0 unspecified atom stereocenters. The molecule has 0 aliphatic carbocycles. The fourth-order valence-electron chi connectivity index (χ4n) is 1.57. The molecule has 0 radical (unpaired) electrons. The number of hydrogen-bond donors (Lipinski definition) is 1. The standard InChI is InChI=1S/C12H17ClO2/c1-12(2,3)10-6-9(13)5-8(7-14)11(10)15-4/h5-6,14H,7H2,1-4H3. The first-order chi connectivity index (χ1) is 6.90. The molecule has 0 aliphatic rings. The van der Waals surface area contributed by atoms with Gasteiger partial charge in [0.2, 0.25) is 0 Å². The minimum Gasteiger partial charge on any atom is -0.496 e. The zero-order valence-corrected chi connectivity index (χ0v) is 10.4. The maximum atomic E-state index is 9.23. The predicted molar refractivity (Wildman–Crippen MR) is 62.6 cm³/mol. The van der Waals surface area contributed by atoms with Crippen LogP contribution in [-0.4, -0.2) is 12.2 Å². The summed E-state index contributed by atoms with van der Waals surface area (Å²) in [5, 5.41) is 9.85. The lowest BCUT2D eigenvalue weighted by Crippen LogP contribution is -2.14. The van der Waals surface area contributed by atoms with Gasteiger partial charge in [-0.05, 0) is 17.5 Å². The van der Waals surface area contributed by atoms with E-state index in [1.807, 2.05) is 6.07 Å². The summed E-state index contributed by atoms with van der Waals surface area (Å²) < 4.78 is 5.33. The lowest BCUT2D eigenvalue weighted by molar-refractivity contribution is 0.272. The highest BCUT2D eigenvalue weighted by molar-refractivity contribution is 6.30. The summed E-state index contributed by atoms with van der Waals surface area (Å²) in [6.45, 7) is 6.19. The van der Waals surface area contributed by atoms with Gasteiger partial charge in [-0.25, -0.2) is 0 Å². The van der Waals surface area contributed by atoms with Crippen molar-refractivity contribution in [2.45, 2.75) is 32.8 Å². The minimum atomic E-state index is -0.0627. The van der Waals surface area contributed by atoms with E-state index < -0.39 is 0 Å². The number of hydrogen-bond acceptors (Lipinski definition) is 2. The van der Waals surface area contributed by atoms with Crippen molar-refractivity contribution in [3.05, 3.63) is 28.3 Å². The Hall–Kier alpha value is -0.730. The van der Waals surface area contributed by atoms with Crippen LogP contribution in [0.2, 0.25) is 5.02 Å². The molecule has 0 heterocycles. The monoisotopic (exact) mass is 228 g/mol. The van der Waals surface area contributed by atoms with Crippen LogP contribution in [0.4, 0.5) is 0 Å². The quantitative estimate of drug-likeness (QED) is 0.843. The van der Waals surface area contributed by atoms with E-state index in [0.717, 1.165) is 16.9 Å². The topological polar surface area (TPSA) is 29.5 Å². The molecule has 0 saturated carbocycles. The molecule has 2 nitrogen and oxygen atoms in total. The van der Waals surface area contributed by atoms with Crippen LogP contribution in [0.5, 0.6) is 5.75 Å². The average molecular weight is 229 g/mol. The van der Waals surface area contributed by atoms with Gasteiger partial charge >= 0.3 is 0 Å². The van der Waals surface area contributed by atoms with E-state index in [2.05, 4.69) is 20.8 Å². The Balaban J connectivity index is 3.42. The molecular formula is C12H17ClO2. The Labute approximate surface area is 95.8 Å². The van der Waals surface area contributed by atoms with Gasteiger partial charge < -0.3 is 9.84 Å². The summed E-state index contributed by atoms with van der Waals surface area (Å²) in [7, 11) is 1.61. The summed E-state index contributed by atoms with van der Waals surface area (Å²) >= 11 is 6.00. The van der Waals surface area contributed by atoms with E-state index in [4.69, 9.17) is 16.3 Å². The summed E-state index contributed by atoms with van der Waals surface area (Å²) in [5.41, 5.74) is 1.69. The molecule has 0 atom stereocenters. The fraction of sp³-hybridized carbons (Fsp3) is 0.500. The fourth-order valence-corrected chi connectivity index (χ4v) is 1.81. The van der Waals surface area contributed by atoms with Crippen LogP contribution in [-0.2, 0) is 12.0 Å². The number of halogens is 1. The largest absolute Gasteiger partial charge is 0.496 e. The first-order valence-corrected chi connectivity index (χ1v) is 5.25. The molecule has 0 amide bonds. The molecular weight excluding hydrogens is 212 g/mol. The van der Waals surface area contributed by atoms with Gasteiger partial charge in [-0.3, -0.25) is 0 Å². The predicted octanol–water partition coefficient (Wildman–Crippen LogP) is 3.14. The molecule has 84 valence electrons. The number of aliphatic hydroxyl groups excluding tert-OH is 1. The number of ether oxygens (including phenoxy) is 1. The van der Waals surface area contributed by atoms with Crippen LogP contribution in [0, 0.1) is 0 Å². The van der Waals surface area contributed by atoms with Crippen molar-refractivity contribution in [1.29, 1.82) is 0 Å². The Morgan fingerprint density at radius 3 is 2.33 bits per heavy atom. The molecule has 1 aromatic rings. The van der Waals surface area contributed by atoms with Gasteiger partial charge in [0.25, 0.3) is 0 Å². The summed E-state index contributed by atoms with van der Waals surface area (Å²) in [5.74, 6) is 0.731. The first-order valence-electron chi connectivity index (χ1n) is 4.88. The molecule has 0 saturated heterocycles. The lowest BCUT2D eigenvalue weighted by Gasteiger charge is -2.24. The summed E-state index contributed by atoms with van der Waals surface area (Å²) in [6, 6.07) is 3.62. The van der Waals surface area contributed by atoms with Crippen LogP contribution in [0.15, 0.2) is 12.1 Å². The smallest absolute Gasteiger partial charge is 0.128 e. The van der Waals surface area contributed by atoms with Gasteiger partial charge in [0.05, 0.1) is 13.7 Å². The van der Waals surface area contributed by atoms with Gasteiger partial charge in [0.15, 0.2) is 0 Å². The minimum absolute atomic E-state index is 0.0554. The zero-order valence-electron chi connectivity index (χ0n) is 9.60. The molecule has 1 rings (SSSR count). The molecule has 1 N–H and O–H groups in total. The molecule has 0 aliphatic heterocycles. The van der Waals surface area contributed by atoms with Crippen LogP contribution in [0.3, 0.4) is 0 Å². The molecule has 0 bridgehead atoms. The third-order valence-corrected chi connectivity index (χ3v) is 2.53. The Morgan fingerprint density at radius 1 is 1.33 bits per heavy atom. The van der Waals surface area contributed by atoms with E-state index >= 15 is 0 Å². The van der Waals surface area contributed by atoms with Crippen molar-refractivity contribution in [3.8, 4) is 5.75 Å². The first kappa shape index (κ1) is 12.3. The van der Waals surface area contributed by atoms with E-state index in [-0.39, 0.29) is 12.0 Å². The second-order valence-electron chi connectivity index (χ2n) is 4.55. The number of aliphatic hydroxyl groups is 1. The van der Waals surface area contributed by atoms with Crippen molar-refractivity contribution >= 4 is 11.6 Å². The summed E-state index contributed by atoms with van der Waals surface area (Å²) in [4.78, 5) is 0. The molecule has 0 spiro atoms. The van der Waals surface area contributed by atoms with E-state index in [9.17, 15) is 5.11 Å². The zero-order chi connectivity index (χ0) is 11.6. The number of methoxy groups -OCH3 is 1. The second kappa shape index (κ2) is 4.42. The van der Waals surface area contributed by atoms with Gasteiger partial charge in [-0.15, -0.1) is 0 Å². The van der Waals surface area contributed by atoms with Gasteiger partial charge in [0.1, 0.15) is 5.75 Å². The lowest BCUT2D eigenvalue weighted by atomic mass is 9.85. The van der Waals surface area contributed by atoms with E-state index in [1.165, 1.54) is 0 Å². The summed E-state index contributed by atoms with van der Waals surface area (Å²) in [6.07, 6.45) is 0. The molecule has 0 aromatic heterocycles. The Kier molecular flexibility index (Phi) is 3.63. The third kappa shape index (κ3) is 2.64.